The standard InChI is InChI=1S/C14H26N4O2S/c1-4-17-10-6-5-7-13(17)11-16-21(19,20)14-8-9-15-18(14)12(2)3/h8-9,12-13,16H,4-7,10-11H2,1-3H3/t13-/m1/s1. The summed E-state index contributed by atoms with van der Waals surface area (Å²) in [6.07, 6.45) is 4.97. The fraction of sp³-hybridized carbons (Fsp3) is 0.786. The Hall–Kier alpha value is -0.920. The summed E-state index contributed by atoms with van der Waals surface area (Å²) in [7, 11) is -3.50. The minimum atomic E-state index is -3.50. The maximum absolute atomic E-state index is 12.5. The van der Waals surface area contributed by atoms with E-state index in [1.807, 2.05) is 13.8 Å². The Balaban J connectivity index is 2.05. The molecule has 2 rings (SSSR count). The van der Waals surface area contributed by atoms with Gasteiger partial charge in [-0.05, 0) is 45.8 Å². The van der Waals surface area contributed by atoms with Crippen molar-refractivity contribution in [1.82, 2.24) is 19.4 Å². The van der Waals surface area contributed by atoms with E-state index in [0.717, 1.165) is 19.5 Å². The molecule has 1 aromatic rings. The molecule has 1 aliphatic rings. The quantitative estimate of drug-likeness (QED) is 0.866. The molecule has 0 aliphatic carbocycles. The van der Waals surface area contributed by atoms with Gasteiger partial charge in [0.15, 0.2) is 5.03 Å². The molecule has 2 heterocycles. The Kier molecular flexibility index (Phi) is 5.40. The maximum atomic E-state index is 12.5. The zero-order valence-corrected chi connectivity index (χ0v) is 13.9. The predicted molar refractivity (Wildman–Crippen MR) is 82.7 cm³/mol. The van der Waals surface area contributed by atoms with Gasteiger partial charge in [0.05, 0.1) is 6.20 Å². The second kappa shape index (κ2) is 6.89. The molecule has 120 valence electrons. The average molecular weight is 314 g/mol. The summed E-state index contributed by atoms with van der Waals surface area (Å²) in [5, 5.41) is 4.34. The monoisotopic (exact) mass is 314 g/mol. The Morgan fingerprint density at radius 1 is 1.43 bits per heavy atom. The molecule has 1 fully saturated rings. The predicted octanol–water partition coefficient (Wildman–Crippen LogP) is 1.62. The molecule has 1 aliphatic heterocycles. The molecule has 0 aromatic carbocycles. The smallest absolute Gasteiger partial charge is 0.257 e. The SMILES string of the molecule is CCN1CCCC[C@@H]1CNS(=O)(=O)c1ccnn1C(C)C. The molecule has 1 saturated heterocycles. The topological polar surface area (TPSA) is 67.2 Å². The minimum absolute atomic E-state index is 0.0217. The third-order valence-electron chi connectivity index (χ3n) is 4.06. The lowest BCUT2D eigenvalue weighted by molar-refractivity contribution is 0.158. The third-order valence-corrected chi connectivity index (χ3v) is 5.48. The molecule has 1 atom stereocenters. The summed E-state index contributed by atoms with van der Waals surface area (Å²) in [4.78, 5) is 2.35. The molecule has 0 bridgehead atoms. The molecule has 7 heteroatoms. The number of likely N-dealkylation sites (N-methyl/N-ethyl adjacent to an activating group) is 1. The number of nitrogens with zero attached hydrogens (tertiary/aromatic N) is 3. The van der Waals surface area contributed by atoms with E-state index in [1.165, 1.54) is 19.0 Å². The summed E-state index contributed by atoms with van der Waals surface area (Å²) >= 11 is 0. The number of hydrogen-bond donors (Lipinski definition) is 1. The fourth-order valence-corrected chi connectivity index (χ4v) is 4.19. The minimum Gasteiger partial charge on any atom is -0.299 e. The normalized spacial score (nSPS) is 21.0. The molecular weight excluding hydrogens is 288 g/mol. The van der Waals surface area contributed by atoms with Crippen molar-refractivity contribution in [2.45, 2.75) is 57.1 Å². The van der Waals surface area contributed by atoms with Crippen LogP contribution in [0.15, 0.2) is 17.3 Å². The van der Waals surface area contributed by atoms with E-state index in [-0.39, 0.29) is 11.1 Å². The van der Waals surface area contributed by atoms with E-state index in [2.05, 4.69) is 21.6 Å². The lowest BCUT2D eigenvalue weighted by Crippen LogP contribution is -2.46. The number of nitrogens with one attached hydrogen (secondary N) is 1. The first-order chi connectivity index (χ1) is 9.95. The molecule has 0 spiro atoms. The number of rotatable bonds is 6. The van der Waals surface area contributed by atoms with Crippen LogP contribution in [0.1, 0.15) is 46.1 Å². The molecule has 0 radical (unpaired) electrons. The van der Waals surface area contributed by atoms with Gasteiger partial charge < -0.3 is 0 Å². The van der Waals surface area contributed by atoms with Crippen LogP contribution in [0.2, 0.25) is 0 Å². The fourth-order valence-electron chi connectivity index (χ4n) is 2.89. The zero-order chi connectivity index (χ0) is 15.5. The van der Waals surface area contributed by atoms with Crippen molar-refractivity contribution in [1.29, 1.82) is 0 Å². The van der Waals surface area contributed by atoms with E-state index in [0.29, 0.717) is 12.6 Å². The zero-order valence-electron chi connectivity index (χ0n) is 13.1. The van der Waals surface area contributed by atoms with Gasteiger partial charge in [-0.3, -0.25) is 9.58 Å². The molecule has 1 aromatic heterocycles. The molecule has 0 amide bonds. The van der Waals surface area contributed by atoms with Crippen molar-refractivity contribution in [3.05, 3.63) is 12.3 Å². The number of likely N-dealkylation sites (tertiary alicyclic amines) is 1. The van der Waals surface area contributed by atoms with Crippen molar-refractivity contribution in [3.8, 4) is 0 Å². The van der Waals surface area contributed by atoms with Crippen LogP contribution in [0.3, 0.4) is 0 Å². The van der Waals surface area contributed by atoms with E-state index >= 15 is 0 Å². The van der Waals surface area contributed by atoms with Crippen LogP contribution in [0.5, 0.6) is 0 Å². The Labute approximate surface area is 127 Å². The Morgan fingerprint density at radius 2 is 2.19 bits per heavy atom. The highest BCUT2D eigenvalue weighted by Crippen LogP contribution is 2.18. The molecule has 0 saturated carbocycles. The van der Waals surface area contributed by atoms with Gasteiger partial charge >= 0.3 is 0 Å². The number of piperidine rings is 1. The van der Waals surface area contributed by atoms with Crippen molar-refractivity contribution >= 4 is 10.0 Å². The van der Waals surface area contributed by atoms with E-state index < -0.39 is 10.0 Å². The summed E-state index contributed by atoms with van der Waals surface area (Å²) in [6, 6.07) is 1.88. The number of hydrogen-bond acceptors (Lipinski definition) is 4. The lowest BCUT2D eigenvalue weighted by Gasteiger charge is -2.34. The summed E-state index contributed by atoms with van der Waals surface area (Å²) in [5.41, 5.74) is 0. The van der Waals surface area contributed by atoms with Crippen molar-refractivity contribution in [2.24, 2.45) is 0 Å². The second-order valence-electron chi connectivity index (χ2n) is 5.84. The maximum Gasteiger partial charge on any atom is 0.257 e. The highest BCUT2D eigenvalue weighted by atomic mass is 32.2. The summed E-state index contributed by atoms with van der Waals surface area (Å²) < 4.78 is 29.2. The van der Waals surface area contributed by atoms with Gasteiger partial charge in [-0.1, -0.05) is 13.3 Å². The van der Waals surface area contributed by atoms with Crippen molar-refractivity contribution in [3.63, 3.8) is 0 Å². The van der Waals surface area contributed by atoms with Crippen LogP contribution < -0.4 is 4.72 Å². The van der Waals surface area contributed by atoms with Crippen LogP contribution in [-0.4, -0.2) is 48.8 Å². The van der Waals surface area contributed by atoms with Gasteiger partial charge in [-0.2, -0.15) is 5.10 Å². The van der Waals surface area contributed by atoms with Gasteiger partial charge in [0.2, 0.25) is 0 Å². The van der Waals surface area contributed by atoms with E-state index in [1.54, 1.807) is 10.7 Å². The molecular formula is C14H26N4O2S. The Morgan fingerprint density at radius 3 is 2.86 bits per heavy atom. The highest BCUT2D eigenvalue weighted by molar-refractivity contribution is 7.89. The summed E-state index contributed by atoms with van der Waals surface area (Å²) in [6.45, 7) is 8.47. The van der Waals surface area contributed by atoms with Gasteiger partial charge in [0.1, 0.15) is 0 Å². The first kappa shape index (κ1) is 16.5. The molecule has 1 N–H and O–H groups in total. The third kappa shape index (κ3) is 3.84. The largest absolute Gasteiger partial charge is 0.299 e. The van der Waals surface area contributed by atoms with E-state index in [9.17, 15) is 8.42 Å². The second-order valence-corrected chi connectivity index (χ2v) is 7.55. The van der Waals surface area contributed by atoms with Crippen molar-refractivity contribution < 1.29 is 8.42 Å². The van der Waals surface area contributed by atoms with Gasteiger partial charge in [-0.25, -0.2) is 13.1 Å². The first-order valence-corrected chi connectivity index (χ1v) is 9.21. The van der Waals surface area contributed by atoms with Gasteiger partial charge in [0.25, 0.3) is 10.0 Å². The summed E-state index contributed by atoms with van der Waals surface area (Å²) in [5.74, 6) is 0. The van der Waals surface area contributed by atoms with Gasteiger partial charge in [-0.15, -0.1) is 0 Å². The van der Waals surface area contributed by atoms with Crippen LogP contribution in [0, 0.1) is 0 Å². The Bertz CT molecular complexity index is 553. The molecule has 0 unspecified atom stereocenters. The molecule has 21 heavy (non-hydrogen) atoms. The van der Waals surface area contributed by atoms with Crippen LogP contribution in [-0.2, 0) is 10.0 Å². The van der Waals surface area contributed by atoms with Gasteiger partial charge in [0, 0.05) is 18.6 Å². The van der Waals surface area contributed by atoms with Crippen molar-refractivity contribution in [2.75, 3.05) is 19.6 Å². The van der Waals surface area contributed by atoms with Crippen LogP contribution in [0.4, 0.5) is 0 Å². The lowest BCUT2D eigenvalue weighted by atomic mass is 10.0. The highest BCUT2D eigenvalue weighted by Gasteiger charge is 2.25. The molecule has 6 nitrogen and oxygen atoms in total. The number of aromatic nitrogens is 2. The first-order valence-electron chi connectivity index (χ1n) is 7.73. The van der Waals surface area contributed by atoms with Crippen LogP contribution in [0.25, 0.3) is 0 Å². The number of sulfonamides is 1. The van der Waals surface area contributed by atoms with E-state index in [4.69, 9.17) is 0 Å². The van der Waals surface area contributed by atoms with Crippen LogP contribution >= 0.6 is 0 Å². The average Bonchev–Trinajstić information content (AvgIpc) is 2.96.